The van der Waals surface area contributed by atoms with Crippen LogP contribution >= 0.6 is 24.0 Å². The molecule has 28 heavy (non-hydrogen) atoms. The molecule has 0 atom stereocenters. The fraction of sp³-hybridized carbons (Fsp3) is 0.300. The number of aromatic nitrogens is 2. The molecule has 0 saturated carbocycles. The Morgan fingerprint density at radius 2 is 1.93 bits per heavy atom. The number of hydrogen-bond acceptors (Lipinski definition) is 4. The van der Waals surface area contributed by atoms with E-state index in [1.807, 2.05) is 42.5 Å². The van der Waals surface area contributed by atoms with Crippen molar-refractivity contribution in [2.45, 2.75) is 13.0 Å². The molecule has 0 fully saturated rings. The summed E-state index contributed by atoms with van der Waals surface area (Å²) in [5.74, 6) is 3.23. The SMILES string of the molecule is CN=C(NCCc1nc2ccccc2[nH]1)NCc1ccc(OC)cc1OC.I. The van der Waals surface area contributed by atoms with E-state index in [4.69, 9.17) is 9.47 Å². The lowest BCUT2D eigenvalue weighted by atomic mass is 10.2. The third kappa shape index (κ3) is 5.51. The number of imidazole rings is 1. The predicted octanol–water partition coefficient (Wildman–Crippen LogP) is 3.11. The molecule has 0 amide bonds. The number of aliphatic imine (C=N–C) groups is 1. The van der Waals surface area contributed by atoms with Crippen LogP contribution in [0.25, 0.3) is 11.0 Å². The van der Waals surface area contributed by atoms with Crippen LogP contribution in [0.2, 0.25) is 0 Å². The van der Waals surface area contributed by atoms with Crippen molar-refractivity contribution in [2.24, 2.45) is 4.99 Å². The Kier molecular flexibility index (Phi) is 8.37. The molecule has 0 saturated heterocycles. The Labute approximate surface area is 182 Å². The molecule has 150 valence electrons. The summed E-state index contributed by atoms with van der Waals surface area (Å²) in [6, 6.07) is 13.8. The summed E-state index contributed by atoms with van der Waals surface area (Å²) in [5.41, 5.74) is 3.07. The number of halogens is 1. The van der Waals surface area contributed by atoms with Gasteiger partial charge in [0.2, 0.25) is 0 Å². The number of fused-ring (bicyclic) bond motifs is 1. The van der Waals surface area contributed by atoms with E-state index < -0.39 is 0 Å². The highest BCUT2D eigenvalue weighted by Crippen LogP contribution is 2.24. The van der Waals surface area contributed by atoms with Crippen LogP contribution in [0.5, 0.6) is 11.5 Å². The molecule has 0 unspecified atom stereocenters. The minimum Gasteiger partial charge on any atom is -0.497 e. The Balaban J connectivity index is 0.00000280. The second kappa shape index (κ2) is 10.7. The first-order valence-corrected chi connectivity index (χ1v) is 8.82. The van der Waals surface area contributed by atoms with E-state index >= 15 is 0 Å². The topological polar surface area (TPSA) is 83.6 Å². The number of nitrogens with one attached hydrogen (secondary N) is 3. The quantitative estimate of drug-likeness (QED) is 0.267. The summed E-state index contributed by atoms with van der Waals surface area (Å²) < 4.78 is 10.7. The first-order chi connectivity index (χ1) is 13.2. The molecular weight excluding hydrogens is 469 g/mol. The molecule has 3 aromatic rings. The van der Waals surface area contributed by atoms with Gasteiger partial charge >= 0.3 is 0 Å². The minimum absolute atomic E-state index is 0. The number of aromatic amines is 1. The van der Waals surface area contributed by atoms with Crippen LogP contribution in [0.3, 0.4) is 0 Å². The number of hydrogen-bond donors (Lipinski definition) is 3. The van der Waals surface area contributed by atoms with Crippen molar-refractivity contribution in [3.8, 4) is 11.5 Å². The Hall–Kier alpha value is -2.49. The summed E-state index contributed by atoms with van der Waals surface area (Å²) in [6.45, 7) is 1.32. The van der Waals surface area contributed by atoms with Gasteiger partial charge in [-0.15, -0.1) is 24.0 Å². The van der Waals surface area contributed by atoms with Gasteiger partial charge < -0.3 is 25.1 Å². The molecular formula is C20H26IN5O2. The number of rotatable bonds is 7. The zero-order chi connectivity index (χ0) is 19.1. The molecule has 0 aliphatic rings. The first-order valence-electron chi connectivity index (χ1n) is 8.82. The van der Waals surface area contributed by atoms with E-state index in [1.54, 1.807) is 21.3 Å². The van der Waals surface area contributed by atoms with Gasteiger partial charge in [-0.2, -0.15) is 0 Å². The molecule has 1 aromatic heterocycles. The summed E-state index contributed by atoms with van der Waals surface area (Å²) >= 11 is 0. The van der Waals surface area contributed by atoms with Gasteiger partial charge in [0.25, 0.3) is 0 Å². The zero-order valence-electron chi connectivity index (χ0n) is 16.3. The Bertz CT molecular complexity index is 893. The molecule has 3 rings (SSSR count). The van der Waals surface area contributed by atoms with Gasteiger partial charge in [-0.05, 0) is 24.3 Å². The maximum Gasteiger partial charge on any atom is 0.191 e. The van der Waals surface area contributed by atoms with Crippen LogP contribution < -0.4 is 20.1 Å². The summed E-state index contributed by atoms with van der Waals surface area (Å²) in [6.07, 6.45) is 0.779. The van der Waals surface area contributed by atoms with Gasteiger partial charge in [0.1, 0.15) is 17.3 Å². The highest BCUT2D eigenvalue weighted by atomic mass is 127. The molecule has 2 aromatic carbocycles. The lowest BCUT2D eigenvalue weighted by Crippen LogP contribution is -2.38. The van der Waals surface area contributed by atoms with Crippen molar-refractivity contribution in [2.75, 3.05) is 27.8 Å². The highest BCUT2D eigenvalue weighted by molar-refractivity contribution is 14.0. The smallest absolute Gasteiger partial charge is 0.191 e. The van der Waals surface area contributed by atoms with Gasteiger partial charge in [0.05, 0.1) is 25.3 Å². The molecule has 7 nitrogen and oxygen atoms in total. The van der Waals surface area contributed by atoms with Gasteiger partial charge in [-0.1, -0.05) is 12.1 Å². The number of guanidine groups is 1. The van der Waals surface area contributed by atoms with Crippen LogP contribution in [0.4, 0.5) is 0 Å². The lowest BCUT2D eigenvalue weighted by Gasteiger charge is -2.14. The molecule has 0 aliphatic carbocycles. The molecule has 3 N–H and O–H groups in total. The molecule has 0 radical (unpaired) electrons. The van der Waals surface area contributed by atoms with Crippen molar-refractivity contribution in [3.63, 3.8) is 0 Å². The number of H-pyrrole nitrogens is 1. The van der Waals surface area contributed by atoms with Crippen LogP contribution in [-0.2, 0) is 13.0 Å². The van der Waals surface area contributed by atoms with Crippen LogP contribution in [0.1, 0.15) is 11.4 Å². The van der Waals surface area contributed by atoms with E-state index in [0.29, 0.717) is 6.54 Å². The van der Waals surface area contributed by atoms with E-state index in [9.17, 15) is 0 Å². The molecule has 0 spiro atoms. The van der Waals surface area contributed by atoms with Crippen molar-refractivity contribution >= 4 is 41.0 Å². The normalized spacial score (nSPS) is 11.0. The number of para-hydroxylation sites is 2. The lowest BCUT2D eigenvalue weighted by molar-refractivity contribution is 0.390. The summed E-state index contributed by atoms with van der Waals surface area (Å²) in [4.78, 5) is 12.2. The third-order valence-electron chi connectivity index (χ3n) is 4.26. The standard InChI is InChI=1S/C20H25N5O2.HI/c1-21-20(23-13-14-8-9-15(26-2)12-18(14)27-3)22-11-10-19-24-16-6-4-5-7-17(16)25-19;/h4-9,12H,10-11,13H2,1-3H3,(H,24,25)(H2,21,22,23);1H. The van der Waals surface area contributed by atoms with Crippen LogP contribution in [-0.4, -0.2) is 43.7 Å². The van der Waals surface area contributed by atoms with Crippen molar-refractivity contribution in [3.05, 3.63) is 53.9 Å². The molecule has 0 bridgehead atoms. The van der Waals surface area contributed by atoms with Gasteiger partial charge in [-0.3, -0.25) is 4.99 Å². The third-order valence-corrected chi connectivity index (χ3v) is 4.26. The minimum atomic E-state index is 0. The number of ether oxygens (including phenoxy) is 2. The average Bonchev–Trinajstić information content (AvgIpc) is 3.13. The summed E-state index contributed by atoms with van der Waals surface area (Å²) in [7, 11) is 5.04. The van der Waals surface area contributed by atoms with Crippen molar-refractivity contribution < 1.29 is 9.47 Å². The van der Waals surface area contributed by atoms with Gasteiger partial charge in [-0.25, -0.2) is 4.98 Å². The maximum atomic E-state index is 5.43. The van der Waals surface area contributed by atoms with Crippen molar-refractivity contribution in [1.29, 1.82) is 0 Å². The van der Waals surface area contributed by atoms with Crippen LogP contribution in [0, 0.1) is 0 Å². The fourth-order valence-electron chi connectivity index (χ4n) is 2.82. The molecule has 0 aliphatic heterocycles. The highest BCUT2D eigenvalue weighted by Gasteiger charge is 2.07. The molecule has 1 heterocycles. The van der Waals surface area contributed by atoms with E-state index in [2.05, 4.69) is 25.6 Å². The Morgan fingerprint density at radius 1 is 1.11 bits per heavy atom. The number of benzene rings is 2. The van der Waals surface area contributed by atoms with Gasteiger partial charge in [0, 0.05) is 38.2 Å². The largest absolute Gasteiger partial charge is 0.497 e. The fourth-order valence-corrected chi connectivity index (χ4v) is 2.82. The van der Waals surface area contributed by atoms with Gasteiger partial charge in [0.15, 0.2) is 5.96 Å². The summed E-state index contributed by atoms with van der Waals surface area (Å²) in [5, 5.41) is 6.60. The van der Waals surface area contributed by atoms with Crippen LogP contribution in [0.15, 0.2) is 47.5 Å². The first kappa shape index (κ1) is 21.8. The number of nitrogens with zero attached hydrogens (tertiary/aromatic N) is 2. The maximum absolute atomic E-state index is 5.43. The second-order valence-electron chi connectivity index (χ2n) is 5.98. The Morgan fingerprint density at radius 3 is 2.64 bits per heavy atom. The predicted molar refractivity (Wildman–Crippen MR) is 123 cm³/mol. The molecule has 8 heteroatoms. The monoisotopic (exact) mass is 495 g/mol. The van der Waals surface area contributed by atoms with Crippen molar-refractivity contribution in [1.82, 2.24) is 20.6 Å². The van der Waals surface area contributed by atoms with E-state index in [0.717, 1.165) is 52.8 Å². The second-order valence-corrected chi connectivity index (χ2v) is 5.98. The zero-order valence-corrected chi connectivity index (χ0v) is 18.6. The average molecular weight is 495 g/mol. The van der Waals surface area contributed by atoms with E-state index in [1.165, 1.54) is 0 Å². The van der Waals surface area contributed by atoms with E-state index in [-0.39, 0.29) is 24.0 Å². The number of methoxy groups -OCH3 is 2.